The number of aromatic nitrogens is 4. The Morgan fingerprint density at radius 1 is 0.681 bits per heavy atom. The van der Waals surface area contributed by atoms with E-state index in [9.17, 15) is 5.26 Å². The van der Waals surface area contributed by atoms with Gasteiger partial charge in [0.15, 0.2) is 0 Å². The van der Waals surface area contributed by atoms with E-state index in [0.717, 1.165) is 67.3 Å². The molecule has 0 bridgehead atoms. The van der Waals surface area contributed by atoms with E-state index in [1.807, 2.05) is 36.4 Å². The zero-order chi connectivity index (χ0) is 49.8. The van der Waals surface area contributed by atoms with Crippen molar-refractivity contribution in [1.29, 1.82) is 5.26 Å². The number of fused-ring (bicyclic) bond motifs is 7. The summed E-state index contributed by atoms with van der Waals surface area (Å²) in [5, 5.41) is 16.0. The molecule has 0 aliphatic heterocycles. The van der Waals surface area contributed by atoms with Gasteiger partial charge in [-0.25, -0.2) is 4.98 Å². The first-order valence-electron chi connectivity index (χ1n) is 24.7. The Labute approximate surface area is 439 Å². The van der Waals surface area contributed by atoms with Crippen molar-refractivity contribution in [2.45, 2.75) is 84.0 Å². The number of furan rings is 1. The van der Waals surface area contributed by atoms with Gasteiger partial charge in [0.05, 0.1) is 22.4 Å². The number of hydrogen-bond donors (Lipinski definition) is 0. The van der Waals surface area contributed by atoms with Crippen molar-refractivity contribution in [2.24, 2.45) is 5.41 Å². The number of imidazole rings is 1. The van der Waals surface area contributed by atoms with Gasteiger partial charge in [-0.15, -0.1) is 18.2 Å². The topological polar surface area (TPSA) is 80.5 Å². The molecule has 72 heavy (non-hydrogen) atoms. The Hall–Kier alpha value is -6.69. The molecule has 361 valence electrons. The fraction of sp³-hybridized carbons (Fsp3) is 0.219. The smallest absolute Gasteiger partial charge is 0.217 e. The van der Waals surface area contributed by atoms with Gasteiger partial charge in [0.1, 0.15) is 11.8 Å². The summed E-state index contributed by atoms with van der Waals surface area (Å²) in [5.41, 5.74) is 14.0. The first kappa shape index (κ1) is 50.3. The van der Waals surface area contributed by atoms with E-state index in [4.69, 9.17) is 14.4 Å². The third kappa shape index (κ3) is 9.81. The molecular formula is C64H59GeIrN5O-2. The second-order valence-electron chi connectivity index (χ2n) is 21.6. The van der Waals surface area contributed by atoms with E-state index in [1.54, 1.807) is 6.07 Å². The van der Waals surface area contributed by atoms with Crippen LogP contribution in [0.4, 0.5) is 0 Å². The normalized spacial score (nSPS) is 11.9. The maximum Gasteiger partial charge on any atom is 0.217 e. The first-order chi connectivity index (χ1) is 34.1. The molecule has 4 heterocycles. The molecule has 0 amide bonds. The molecule has 4 aromatic heterocycles. The van der Waals surface area contributed by atoms with E-state index in [0.29, 0.717) is 22.4 Å². The summed E-state index contributed by atoms with van der Waals surface area (Å²) in [4.78, 5) is 14.6. The van der Waals surface area contributed by atoms with Gasteiger partial charge < -0.3 is 8.98 Å². The van der Waals surface area contributed by atoms with Crippen molar-refractivity contribution in [3.05, 3.63) is 186 Å². The van der Waals surface area contributed by atoms with Crippen molar-refractivity contribution in [3.8, 4) is 45.5 Å². The average molecular weight is 1180 g/mol. The molecule has 6 nitrogen and oxygen atoms in total. The number of nitriles is 1. The summed E-state index contributed by atoms with van der Waals surface area (Å²) in [6.07, 6.45) is 3.24. The van der Waals surface area contributed by atoms with Crippen LogP contribution in [-0.2, 0) is 26.5 Å². The second kappa shape index (κ2) is 20.1. The monoisotopic (exact) mass is 1180 g/mol. The summed E-state index contributed by atoms with van der Waals surface area (Å²) in [5.74, 6) is 8.50. The molecule has 0 aliphatic rings. The molecule has 7 aromatic carbocycles. The number of pyridine rings is 2. The fourth-order valence-electron chi connectivity index (χ4n) is 10.0. The molecule has 0 spiro atoms. The summed E-state index contributed by atoms with van der Waals surface area (Å²) in [6, 6.07) is 59.7. The third-order valence-electron chi connectivity index (χ3n) is 13.4. The zero-order valence-corrected chi connectivity index (χ0v) is 47.3. The van der Waals surface area contributed by atoms with Crippen LogP contribution in [0, 0.1) is 28.9 Å². The van der Waals surface area contributed by atoms with Crippen molar-refractivity contribution >= 4 is 72.3 Å². The summed E-state index contributed by atoms with van der Waals surface area (Å²) in [7, 11) is 0. The van der Waals surface area contributed by atoms with Gasteiger partial charge in [-0.3, -0.25) is 4.98 Å². The van der Waals surface area contributed by atoms with Crippen LogP contribution >= 0.6 is 0 Å². The molecule has 0 fully saturated rings. The van der Waals surface area contributed by atoms with Crippen molar-refractivity contribution in [3.63, 3.8) is 0 Å². The maximum absolute atomic E-state index is 9.54. The minimum Gasteiger partial charge on any atom is -0.486 e. The largest absolute Gasteiger partial charge is 0.486 e. The molecule has 0 saturated carbocycles. The van der Waals surface area contributed by atoms with E-state index in [1.165, 1.54) is 43.0 Å². The maximum atomic E-state index is 9.54. The number of rotatable bonds is 8. The Balaban J connectivity index is 0.000000245. The van der Waals surface area contributed by atoms with Crippen molar-refractivity contribution < 1.29 is 24.5 Å². The minimum absolute atomic E-state index is 0. The van der Waals surface area contributed by atoms with Gasteiger partial charge in [0.2, 0.25) is 5.71 Å². The van der Waals surface area contributed by atoms with Crippen LogP contribution in [0.5, 0.6) is 0 Å². The average Bonchev–Trinajstić information content (AvgIpc) is 3.94. The molecule has 0 saturated heterocycles. The first-order valence-corrected chi connectivity index (χ1v) is 32.1. The van der Waals surface area contributed by atoms with Crippen LogP contribution in [0.3, 0.4) is 0 Å². The molecule has 8 heteroatoms. The number of hydrogen-bond acceptors (Lipinski definition) is 5. The summed E-state index contributed by atoms with van der Waals surface area (Å²) < 4.78 is 10.4. The molecule has 11 rings (SSSR count). The molecule has 0 aliphatic carbocycles. The molecule has 0 atom stereocenters. The third-order valence-corrected chi connectivity index (χ3v) is 17.7. The second-order valence-corrected chi connectivity index (χ2v) is 32.2. The quantitative estimate of drug-likeness (QED) is 0.112. The number of benzene rings is 7. The number of nitrogens with zero attached hydrogens (tertiary/aromatic N) is 5. The van der Waals surface area contributed by atoms with Crippen LogP contribution in [0.1, 0.15) is 82.7 Å². The van der Waals surface area contributed by atoms with E-state index < -0.39 is 13.3 Å². The summed E-state index contributed by atoms with van der Waals surface area (Å²) in [6.45, 7) is 16.0. The van der Waals surface area contributed by atoms with Crippen molar-refractivity contribution in [1.82, 2.24) is 19.5 Å². The Bertz CT molecular complexity index is 3820. The predicted molar refractivity (Wildman–Crippen MR) is 298 cm³/mol. The summed E-state index contributed by atoms with van der Waals surface area (Å²) >= 11 is -1.90. The Morgan fingerprint density at radius 2 is 1.38 bits per heavy atom. The van der Waals surface area contributed by atoms with Crippen molar-refractivity contribution in [2.75, 3.05) is 0 Å². The van der Waals surface area contributed by atoms with Gasteiger partial charge in [-0.2, -0.15) is 5.26 Å². The van der Waals surface area contributed by atoms with Gasteiger partial charge in [-0.1, -0.05) is 105 Å². The Kier molecular flexibility index (Phi) is 14.0. The van der Waals surface area contributed by atoms with Crippen LogP contribution < -0.4 is 4.40 Å². The van der Waals surface area contributed by atoms with Gasteiger partial charge in [-0.05, 0) is 86.6 Å². The standard InChI is InChI=1S/C45H33N4O.C19H26GeN.Ir/c1-26(2)38-23-32(31-17-16-28-10-5-6-12-30(28)22-31)24-39(27(3)4)41(38)49-42-34-13-8-7-11-29(34)18-21-40(42)48-44(49)37-15-9-14-35-36-20-19-33(25-46)47-45(36)50-43(35)37;1-19(2,3)13-16-12-18(15-10-8-7-9-11-15)21-14-17(16)20(4,5)6;/h5-14,16-24,26-27H,1-4H3;7-10,12,14H,13H2,1-6H3;/q2*-1;. The van der Waals surface area contributed by atoms with E-state index in [2.05, 4.69) is 203 Å². The van der Waals surface area contributed by atoms with Crippen LogP contribution in [-0.4, -0.2) is 32.8 Å². The molecule has 11 aromatic rings. The molecule has 0 N–H and O–H groups in total. The van der Waals surface area contributed by atoms with Gasteiger partial charge in [0, 0.05) is 36.6 Å². The predicted octanol–water partition coefficient (Wildman–Crippen LogP) is 16.6. The fourth-order valence-corrected chi connectivity index (χ4v) is 13.3. The zero-order valence-electron chi connectivity index (χ0n) is 42.8. The van der Waals surface area contributed by atoms with Gasteiger partial charge in [0.25, 0.3) is 0 Å². The van der Waals surface area contributed by atoms with E-state index in [-0.39, 0.29) is 31.9 Å². The molecule has 1 radical (unpaired) electrons. The molecule has 0 unspecified atom stereocenters. The van der Waals surface area contributed by atoms with Gasteiger partial charge >= 0.3 is 132 Å². The van der Waals surface area contributed by atoms with Crippen LogP contribution in [0.2, 0.25) is 17.3 Å². The van der Waals surface area contributed by atoms with Crippen LogP contribution in [0.25, 0.3) is 94.1 Å². The molecular weight excluding hydrogens is 1120 g/mol. The SMILES string of the molecule is CC(C)(C)Cc1cc(-c2[c-]cccc2)nc[c]1[Ge]([CH3])([CH3])[CH3].CC(C)c1cc(-c2ccc3ccccc3c2)cc(C(C)C)c1-n1c(-c2[c-]ccc3c2oc2nc(C#N)ccc23)nc2ccc3ccccc3c21.[Ir]. The van der Waals surface area contributed by atoms with E-state index >= 15 is 0 Å². The minimum atomic E-state index is -1.90. The Morgan fingerprint density at radius 3 is 2.06 bits per heavy atom. The van der Waals surface area contributed by atoms with Crippen LogP contribution in [0.15, 0.2) is 156 Å².